The van der Waals surface area contributed by atoms with E-state index in [1.54, 1.807) is 12.3 Å². The summed E-state index contributed by atoms with van der Waals surface area (Å²) in [7, 11) is 0. The van der Waals surface area contributed by atoms with Crippen LogP contribution in [0, 0.1) is 12.7 Å². The van der Waals surface area contributed by atoms with Crippen LogP contribution in [0.5, 0.6) is 0 Å². The summed E-state index contributed by atoms with van der Waals surface area (Å²) in [6.07, 6.45) is 1.74. The van der Waals surface area contributed by atoms with E-state index in [9.17, 15) is 4.39 Å². The highest BCUT2D eigenvalue weighted by Crippen LogP contribution is 2.27. The molecule has 1 aliphatic heterocycles. The Balaban J connectivity index is 1.59. The van der Waals surface area contributed by atoms with E-state index >= 15 is 0 Å². The largest absolute Gasteiger partial charge is 0.445 e. The van der Waals surface area contributed by atoms with Crippen molar-refractivity contribution in [3.63, 3.8) is 0 Å². The van der Waals surface area contributed by atoms with Gasteiger partial charge >= 0.3 is 0 Å². The molecule has 2 heterocycles. The summed E-state index contributed by atoms with van der Waals surface area (Å²) in [6.45, 7) is 6.12. The van der Waals surface area contributed by atoms with Crippen molar-refractivity contribution in [2.24, 2.45) is 0 Å². The van der Waals surface area contributed by atoms with Crippen molar-refractivity contribution in [3.8, 4) is 0 Å². The zero-order chi connectivity index (χ0) is 14.8. The van der Waals surface area contributed by atoms with Gasteiger partial charge in [-0.1, -0.05) is 11.6 Å². The Kier molecular flexibility index (Phi) is 4.12. The maximum atomic E-state index is 13.1. The van der Waals surface area contributed by atoms with E-state index in [4.69, 9.17) is 16.0 Å². The lowest BCUT2D eigenvalue weighted by molar-refractivity contribution is 0.225. The summed E-state index contributed by atoms with van der Waals surface area (Å²) in [4.78, 5) is 8.70. The number of nitrogens with zero attached hydrogens (tertiary/aromatic N) is 3. The lowest BCUT2D eigenvalue weighted by Gasteiger charge is -2.35. The topological polar surface area (TPSA) is 32.5 Å². The van der Waals surface area contributed by atoms with Crippen molar-refractivity contribution in [3.05, 3.63) is 46.9 Å². The van der Waals surface area contributed by atoms with Crippen LogP contribution >= 0.6 is 11.6 Å². The molecule has 0 spiro atoms. The third kappa shape index (κ3) is 3.36. The van der Waals surface area contributed by atoms with Gasteiger partial charge in [0.05, 0.1) is 23.5 Å². The number of anilines is 1. The summed E-state index contributed by atoms with van der Waals surface area (Å²) in [6, 6.07) is 4.55. The fraction of sp³-hybridized carbons (Fsp3) is 0.400. The number of hydrogen-bond acceptors (Lipinski definition) is 4. The summed E-state index contributed by atoms with van der Waals surface area (Å²) in [5.41, 5.74) is 0.893. The molecule has 1 aliphatic rings. The monoisotopic (exact) mass is 309 g/mol. The second kappa shape index (κ2) is 6.03. The molecule has 0 N–H and O–H groups in total. The predicted octanol–water partition coefficient (Wildman–Crippen LogP) is 3.10. The molecule has 1 aromatic heterocycles. The normalized spacial score (nSPS) is 16.4. The van der Waals surface area contributed by atoms with Gasteiger partial charge in [-0.2, -0.15) is 0 Å². The lowest BCUT2D eigenvalue weighted by atomic mass is 10.2. The summed E-state index contributed by atoms with van der Waals surface area (Å²) >= 11 is 6.11. The number of halogens is 2. The van der Waals surface area contributed by atoms with Gasteiger partial charge in [-0.05, 0) is 25.1 Å². The molecule has 0 amide bonds. The van der Waals surface area contributed by atoms with Gasteiger partial charge in [-0.15, -0.1) is 0 Å². The minimum atomic E-state index is -0.304. The maximum Gasteiger partial charge on any atom is 0.208 e. The van der Waals surface area contributed by atoms with Gasteiger partial charge in [0, 0.05) is 26.2 Å². The van der Waals surface area contributed by atoms with Gasteiger partial charge in [0.25, 0.3) is 0 Å². The fourth-order valence-corrected chi connectivity index (χ4v) is 2.84. The van der Waals surface area contributed by atoms with E-state index in [0.29, 0.717) is 5.02 Å². The van der Waals surface area contributed by atoms with E-state index in [1.807, 2.05) is 6.92 Å². The summed E-state index contributed by atoms with van der Waals surface area (Å²) in [5, 5.41) is 0.465. The second-order valence-corrected chi connectivity index (χ2v) is 5.63. The molecule has 1 fully saturated rings. The molecule has 0 saturated carbocycles. The summed E-state index contributed by atoms with van der Waals surface area (Å²) < 4.78 is 18.6. The van der Waals surface area contributed by atoms with Gasteiger partial charge in [-0.3, -0.25) is 4.90 Å². The third-order valence-electron chi connectivity index (χ3n) is 3.65. The smallest absolute Gasteiger partial charge is 0.208 e. The first kappa shape index (κ1) is 14.4. The quantitative estimate of drug-likeness (QED) is 0.872. The van der Waals surface area contributed by atoms with Crippen LogP contribution in [0.15, 0.2) is 28.8 Å². The Bertz CT molecular complexity index is 623. The Labute approximate surface area is 128 Å². The first-order chi connectivity index (χ1) is 10.1. The molecule has 0 unspecified atom stereocenters. The minimum absolute atomic E-state index is 0.304. The first-order valence-electron chi connectivity index (χ1n) is 6.95. The Morgan fingerprint density at radius 3 is 2.67 bits per heavy atom. The van der Waals surface area contributed by atoms with Crippen LogP contribution in [0.3, 0.4) is 0 Å². The number of oxazole rings is 1. The molecule has 4 nitrogen and oxygen atoms in total. The van der Waals surface area contributed by atoms with Crippen molar-refractivity contribution in [2.45, 2.75) is 13.5 Å². The van der Waals surface area contributed by atoms with Crippen molar-refractivity contribution < 1.29 is 8.81 Å². The molecule has 0 bridgehead atoms. The van der Waals surface area contributed by atoms with Gasteiger partial charge in [0.2, 0.25) is 5.89 Å². The Hall–Kier alpha value is -1.59. The van der Waals surface area contributed by atoms with E-state index in [2.05, 4.69) is 14.8 Å². The van der Waals surface area contributed by atoms with E-state index in [1.165, 1.54) is 12.1 Å². The molecule has 3 rings (SSSR count). The lowest BCUT2D eigenvalue weighted by Crippen LogP contribution is -2.46. The molecule has 2 aromatic rings. The first-order valence-corrected chi connectivity index (χ1v) is 7.33. The minimum Gasteiger partial charge on any atom is -0.445 e. The van der Waals surface area contributed by atoms with Gasteiger partial charge in [-0.25, -0.2) is 9.37 Å². The van der Waals surface area contributed by atoms with Crippen molar-refractivity contribution in [1.82, 2.24) is 9.88 Å². The van der Waals surface area contributed by atoms with Crippen LogP contribution in [0.1, 0.15) is 11.7 Å². The zero-order valence-electron chi connectivity index (χ0n) is 11.9. The molecule has 21 heavy (non-hydrogen) atoms. The number of aromatic nitrogens is 1. The van der Waals surface area contributed by atoms with Crippen LogP contribution in [-0.4, -0.2) is 36.1 Å². The highest BCUT2D eigenvalue weighted by Gasteiger charge is 2.20. The molecule has 6 heteroatoms. The van der Waals surface area contributed by atoms with Crippen LogP contribution in [-0.2, 0) is 6.54 Å². The van der Waals surface area contributed by atoms with E-state index in [0.717, 1.165) is 50.1 Å². The average molecular weight is 310 g/mol. The van der Waals surface area contributed by atoms with E-state index in [-0.39, 0.29) is 5.82 Å². The van der Waals surface area contributed by atoms with Crippen LogP contribution in [0.4, 0.5) is 10.1 Å². The van der Waals surface area contributed by atoms with Crippen molar-refractivity contribution in [2.75, 3.05) is 31.1 Å². The van der Waals surface area contributed by atoms with Crippen LogP contribution < -0.4 is 4.90 Å². The predicted molar refractivity (Wildman–Crippen MR) is 80.1 cm³/mol. The number of piperazine rings is 1. The number of aryl methyl sites for hydroxylation is 1. The molecule has 0 atom stereocenters. The van der Waals surface area contributed by atoms with Gasteiger partial charge < -0.3 is 9.32 Å². The average Bonchev–Trinajstić information content (AvgIpc) is 2.85. The fourth-order valence-electron chi connectivity index (χ4n) is 2.55. The Morgan fingerprint density at radius 2 is 2.05 bits per heavy atom. The molecule has 112 valence electrons. The van der Waals surface area contributed by atoms with Crippen molar-refractivity contribution >= 4 is 17.3 Å². The number of rotatable bonds is 3. The molecule has 0 aliphatic carbocycles. The van der Waals surface area contributed by atoms with Crippen LogP contribution in [0.25, 0.3) is 0 Å². The molecular formula is C15H17ClFN3O. The molecular weight excluding hydrogens is 293 g/mol. The van der Waals surface area contributed by atoms with Gasteiger partial charge in [0.15, 0.2) is 0 Å². The van der Waals surface area contributed by atoms with E-state index < -0.39 is 0 Å². The molecule has 1 aromatic carbocycles. The maximum absolute atomic E-state index is 13.1. The second-order valence-electron chi connectivity index (χ2n) is 5.22. The van der Waals surface area contributed by atoms with Crippen LogP contribution in [0.2, 0.25) is 5.02 Å². The number of hydrogen-bond donors (Lipinski definition) is 0. The third-order valence-corrected chi connectivity index (χ3v) is 3.95. The SMILES string of the molecule is Cc1cnc(CN2CCN(c3ccc(F)cc3Cl)CC2)o1. The highest BCUT2D eigenvalue weighted by atomic mass is 35.5. The molecule has 0 radical (unpaired) electrons. The number of benzene rings is 1. The highest BCUT2D eigenvalue weighted by molar-refractivity contribution is 6.33. The van der Waals surface area contributed by atoms with Gasteiger partial charge in [0.1, 0.15) is 11.6 Å². The molecule has 1 saturated heterocycles. The Morgan fingerprint density at radius 1 is 1.29 bits per heavy atom. The van der Waals surface area contributed by atoms with Crippen molar-refractivity contribution in [1.29, 1.82) is 0 Å². The standard InChI is InChI=1S/C15H17ClFN3O/c1-11-9-18-15(21-11)10-19-4-6-20(7-5-19)14-3-2-12(17)8-13(14)16/h2-3,8-9H,4-7,10H2,1H3. The zero-order valence-corrected chi connectivity index (χ0v) is 12.6. The summed E-state index contributed by atoms with van der Waals surface area (Å²) in [5.74, 6) is 1.28.